The Balaban J connectivity index is 1.42. The molecule has 0 saturated heterocycles. The number of aryl methyl sites for hydroxylation is 1. The van der Waals surface area contributed by atoms with Crippen molar-refractivity contribution in [3.05, 3.63) is 65.5 Å². The van der Waals surface area contributed by atoms with Crippen molar-refractivity contribution in [1.82, 2.24) is 15.3 Å². The fourth-order valence-electron chi connectivity index (χ4n) is 2.64. The first-order valence-corrected chi connectivity index (χ1v) is 8.42. The molecule has 3 aromatic rings. The molecule has 0 fully saturated rings. The van der Waals surface area contributed by atoms with Crippen LogP contribution in [0.2, 0.25) is 0 Å². The highest BCUT2D eigenvalue weighted by Crippen LogP contribution is 2.10. The molecule has 0 atom stereocenters. The van der Waals surface area contributed by atoms with Crippen molar-refractivity contribution in [2.45, 2.75) is 26.2 Å². The zero-order valence-corrected chi connectivity index (χ0v) is 14.2. The van der Waals surface area contributed by atoms with Crippen LogP contribution in [-0.4, -0.2) is 28.2 Å². The number of ketones is 1. The molecule has 2 N–H and O–H groups in total. The van der Waals surface area contributed by atoms with E-state index < -0.39 is 0 Å². The number of hydrogen-bond donors (Lipinski definition) is 2. The van der Waals surface area contributed by atoms with Crippen LogP contribution in [0.5, 0.6) is 0 Å². The number of amides is 1. The monoisotopic (exact) mass is 335 g/mol. The third-order valence-corrected chi connectivity index (χ3v) is 4.08. The molecule has 0 aliphatic carbocycles. The van der Waals surface area contributed by atoms with Crippen molar-refractivity contribution in [1.29, 1.82) is 0 Å². The van der Waals surface area contributed by atoms with Gasteiger partial charge in [0, 0.05) is 31.4 Å². The number of rotatable bonds is 7. The number of H-pyrrole nitrogens is 1. The van der Waals surface area contributed by atoms with Gasteiger partial charge in [-0.15, -0.1) is 0 Å². The van der Waals surface area contributed by atoms with Crippen molar-refractivity contribution >= 4 is 22.7 Å². The van der Waals surface area contributed by atoms with E-state index in [1.807, 2.05) is 43.3 Å². The second-order valence-electron chi connectivity index (χ2n) is 6.09. The highest BCUT2D eigenvalue weighted by atomic mass is 16.2. The van der Waals surface area contributed by atoms with Gasteiger partial charge in [0.2, 0.25) is 5.91 Å². The Morgan fingerprint density at radius 3 is 2.56 bits per heavy atom. The first-order chi connectivity index (χ1) is 12.1. The summed E-state index contributed by atoms with van der Waals surface area (Å²) >= 11 is 0. The molecule has 3 rings (SSSR count). The number of aromatic nitrogens is 2. The molecule has 1 amide bonds. The van der Waals surface area contributed by atoms with Gasteiger partial charge in [0.1, 0.15) is 5.82 Å². The van der Waals surface area contributed by atoms with Crippen LogP contribution in [0.1, 0.15) is 34.6 Å². The number of imidazole rings is 1. The fourth-order valence-corrected chi connectivity index (χ4v) is 2.64. The second-order valence-corrected chi connectivity index (χ2v) is 6.09. The van der Waals surface area contributed by atoms with Gasteiger partial charge in [-0.1, -0.05) is 42.0 Å². The Morgan fingerprint density at radius 1 is 1.04 bits per heavy atom. The molecule has 0 saturated carbocycles. The van der Waals surface area contributed by atoms with Crippen molar-refractivity contribution in [3.63, 3.8) is 0 Å². The van der Waals surface area contributed by atoms with Gasteiger partial charge in [-0.3, -0.25) is 9.59 Å². The summed E-state index contributed by atoms with van der Waals surface area (Å²) in [7, 11) is 0. The largest absolute Gasteiger partial charge is 0.356 e. The van der Waals surface area contributed by atoms with E-state index in [2.05, 4.69) is 15.3 Å². The normalized spacial score (nSPS) is 10.8. The summed E-state index contributed by atoms with van der Waals surface area (Å²) in [6, 6.07) is 15.2. The molecule has 0 spiro atoms. The Morgan fingerprint density at radius 2 is 1.80 bits per heavy atom. The minimum Gasteiger partial charge on any atom is -0.356 e. The molecule has 0 aliphatic heterocycles. The fraction of sp³-hybridized carbons (Fsp3) is 0.250. The lowest BCUT2D eigenvalue weighted by atomic mass is 10.1. The first-order valence-electron chi connectivity index (χ1n) is 8.42. The zero-order valence-electron chi connectivity index (χ0n) is 14.2. The number of Topliss-reactive ketones (excluding diaryl/α,β-unsaturated/α-hetero) is 1. The molecule has 0 unspecified atom stereocenters. The van der Waals surface area contributed by atoms with Crippen molar-refractivity contribution in [2.75, 3.05) is 6.54 Å². The van der Waals surface area contributed by atoms with Crippen molar-refractivity contribution in [2.24, 2.45) is 0 Å². The average molecular weight is 335 g/mol. The van der Waals surface area contributed by atoms with Crippen LogP contribution in [0.4, 0.5) is 0 Å². The summed E-state index contributed by atoms with van der Waals surface area (Å²) < 4.78 is 0. The van der Waals surface area contributed by atoms with Crippen LogP contribution < -0.4 is 5.32 Å². The quantitative estimate of drug-likeness (QED) is 0.651. The summed E-state index contributed by atoms with van der Waals surface area (Å²) in [6.45, 7) is 2.47. The summed E-state index contributed by atoms with van der Waals surface area (Å²) in [6.07, 6.45) is 1.05. The van der Waals surface area contributed by atoms with Gasteiger partial charge in [0.05, 0.1) is 11.0 Å². The lowest BCUT2D eigenvalue weighted by Gasteiger charge is -2.04. The molecular weight excluding hydrogens is 314 g/mol. The lowest BCUT2D eigenvalue weighted by molar-refractivity contribution is -0.121. The lowest BCUT2D eigenvalue weighted by Crippen LogP contribution is -2.26. The van der Waals surface area contributed by atoms with E-state index in [-0.39, 0.29) is 24.5 Å². The third kappa shape index (κ3) is 4.53. The molecule has 5 heteroatoms. The SMILES string of the molecule is Cc1ccc(C(=O)CCC(=O)NCCc2nc3ccccc3[nH]2)cc1. The van der Waals surface area contributed by atoms with Gasteiger partial charge in [0.25, 0.3) is 0 Å². The zero-order chi connectivity index (χ0) is 17.6. The maximum Gasteiger partial charge on any atom is 0.220 e. The molecule has 25 heavy (non-hydrogen) atoms. The smallest absolute Gasteiger partial charge is 0.220 e. The van der Waals surface area contributed by atoms with Gasteiger partial charge < -0.3 is 10.3 Å². The molecular formula is C20H21N3O2. The number of hydrogen-bond acceptors (Lipinski definition) is 3. The van der Waals surface area contributed by atoms with Crippen LogP contribution in [0.3, 0.4) is 0 Å². The van der Waals surface area contributed by atoms with Gasteiger partial charge in [-0.2, -0.15) is 0 Å². The molecule has 0 radical (unpaired) electrons. The van der Waals surface area contributed by atoms with Crippen LogP contribution >= 0.6 is 0 Å². The van der Waals surface area contributed by atoms with Crippen LogP contribution in [0, 0.1) is 6.92 Å². The Hall–Kier alpha value is -2.95. The van der Waals surface area contributed by atoms with E-state index in [0.29, 0.717) is 18.5 Å². The number of aromatic amines is 1. The van der Waals surface area contributed by atoms with Gasteiger partial charge in [-0.25, -0.2) is 4.98 Å². The maximum atomic E-state index is 12.1. The minimum atomic E-state index is -0.114. The third-order valence-electron chi connectivity index (χ3n) is 4.08. The molecule has 0 bridgehead atoms. The number of benzene rings is 2. The van der Waals surface area contributed by atoms with E-state index in [4.69, 9.17) is 0 Å². The highest BCUT2D eigenvalue weighted by molar-refractivity contribution is 5.97. The van der Waals surface area contributed by atoms with E-state index in [0.717, 1.165) is 22.4 Å². The number of carbonyl (C=O) groups excluding carboxylic acids is 2. The van der Waals surface area contributed by atoms with Crippen LogP contribution in [-0.2, 0) is 11.2 Å². The number of fused-ring (bicyclic) bond motifs is 1. The van der Waals surface area contributed by atoms with E-state index in [9.17, 15) is 9.59 Å². The Kier molecular flexibility index (Phi) is 5.23. The first kappa shape index (κ1) is 16.9. The predicted octanol–water partition coefficient (Wildman–Crippen LogP) is 3.19. The van der Waals surface area contributed by atoms with Gasteiger partial charge in [-0.05, 0) is 19.1 Å². The second kappa shape index (κ2) is 7.75. The number of para-hydroxylation sites is 2. The standard InChI is InChI=1S/C20H21N3O2/c1-14-6-8-15(9-7-14)18(24)10-11-20(25)21-13-12-19-22-16-4-2-3-5-17(16)23-19/h2-9H,10-13H2,1H3,(H,21,25)(H,22,23). The summed E-state index contributed by atoms with van der Waals surface area (Å²) in [5, 5.41) is 2.84. The van der Waals surface area contributed by atoms with Gasteiger partial charge >= 0.3 is 0 Å². The summed E-state index contributed by atoms with van der Waals surface area (Å²) in [5.74, 6) is 0.723. The van der Waals surface area contributed by atoms with Crippen molar-refractivity contribution < 1.29 is 9.59 Å². The van der Waals surface area contributed by atoms with Gasteiger partial charge in [0.15, 0.2) is 5.78 Å². The summed E-state index contributed by atoms with van der Waals surface area (Å²) in [5.41, 5.74) is 3.68. The average Bonchev–Trinajstić information content (AvgIpc) is 3.03. The highest BCUT2D eigenvalue weighted by Gasteiger charge is 2.09. The van der Waals surface area contributed by atoms with Crippen LogP contribution in [0.25, 0.3) is 11.0 Å². The predicted molar refractivity (Wildman–Crippen MR) is 97.6 cm³/mol. The Labute approximate surface area is 146 Å². The number of nitrogens with zero attached hydrogens (tertiary/aromatic N) is 1. The summed E-state index contributed by atoms with van der Waals surface area (Å²) in [4.78, 5) is 31.7. The van der Waals surface area contributed by atoms with E-state index >= 15 is 0 Å². The number of nitrogens with one attached hydrogen (secondary N) is 2. The van der Waals surface area contributed by atoms with Crippen molar-refractivity contribution in [3.8, 4) is 0 Å². The van der Waals surface area contributed by atoms with Crippen LogP contribution in [0.15, 0.2) is 48.5 Å². The molecule has 2 aromatic carbocycles. The molecule has 5 nitrogen and oxygen atoms in total. The molecule has 1 aromatic heterocycles. The molecule has 128 valence electrons. The molecule has 1 heterocycles. The molecule has 0 aliphatic rings. The van der Waals surface area contributed by atoms with E-state index in [1.54, 1.807) is 12.1 Å². The number of carbonyl (C=O) groups is 2. The van der Waals surface area contributed by atoms with E-state index in [1.165, 1.54) is 0 Å². The maximum absolute atomic E-state index is 12.1. The minimum absolute atomic E-state index is 0.00701. The topological polar surface area (TPSA) is 74.8 Å². The Bertz CT molecular complexity index is 848.